The fourth-order valence-electron chi connectivity index (χ4n) is 5.98. The molecular weight excluding hydrogens is 384 g/mol. The summed E-state index contributed by atoms with van der Waals surface area (Å²) in [5.41, 5.74) is 5.65. The highest BCUT2D eigenvalue weighted by Gasteiger charge is 2.41. The Labute approximate surface area is 184 Å². The van der Waals surface area contributed by atoms with Crippen molar-refractivity contribution in [3.8, 4) is 0 Å². The second-order valence-electron chi connectivity index (χ2n) is 9.16. The molecule has 3 atom stereocenters. The normalized spacial score (nSPS) is 23.4. The maximum atomic E-state index is 12.2. The third-order valence-electron chi connectivity index (χ3n) is 7.55. The van der Waals surface area contributed by atoms with E-state index in [1.807, 2.05) is 0 Å². The van der Waals surface area contributed by atoms with Gasteiger partial charge in [0.25, 0.3) is 0 Å². The molecule has 0 bridgehead atoms. The van der Waals surface area contributed by atoms with Gasteiger partial charge in [-0.1, -0.05) is 61.9 Å². The Morgan fingerprint density at radius 2 is 1.84 bits per heavy atom. The summed E-state index contributed by atoms with van der Waals surface area (Å²) in [6.07, 6.45) is 3.79. The van der Waals surface area contributed by atoms with Crippen LogP contribution in [0.2, 0.25) is 0 Å². The molecule has 0 N–H and O–H groups in total. The number of nitrogens with zero attached hydrogens (tertiary/aromatic N) is 2. The van der Waals surface area contributed by atoms with Crippen LogP contribution < -0.4 is 0 Å². The van der Waals surface area contributed by atoms with Gasteiger partial charge in [-0.05, 0) is 41.9 Å². The lowest BCUT2D eigenvalue weighted by Crippen LogP contribution is -2.46. The lowest BCUT2D eigenvalue weighted by atomic mass is 9.76. The van der Waals surface area contributed by atoms with E-state index >= 15 is 0 Å². The van der Waals surface area contributed by atoms with Crippen molar-refractivity contribution < 1.29 is 9.53 Å². The van der Waals surface area contributed by atoms with Crippen LogP contribution in [0.25, 0.3) is 10.9 Å². The molecule has 0 spiro atoms. The summed E-state index contributed by atoms with van der Waals surface area (Å²) in [6.45, 7) is 5.34. The minimum Gasteiger partial charge on any atom is -0.469 e. The number of para-hydroxylation sites is 1. The zero-order valence-corrected chi connectivity index (χ0v) is 18.6. The number of carbonyl (C=O) groups excluding carboxylic acids is 1. The van der Waals surface area contributed by atoms with Crippen molar-refractivity contribution in [2.45, 2.75) is 45.2 Å². The molecule has 1 aromatic heterocycles. The van der Waals surface area contributed by atoms with E-state index in [1.165, 1.54) is 34.8 Å². The fraction of sp³-hybridized carbons (Fsp3) is 0.444. The number of methoxy groups -OCH3 is 1. The first-order valence-corrected chi connectivity index (χ1v) is 11.6. The van der Waals surface area contributed by atoms with Crippen LogP contribution in [0.3, 0.4) is 0 Å². The van der Waals surface area contributed by atoms with Crippen molar-refractivity contribution >= 4 is 16.9 Å². The number of benzene rings is 2. The number of hydrogen-bond donors (Lipinski definition) is 0. The lowest BCUT2D eigenvalue weighted by molar-refractivity contribution is -0.143. The molecule has 5 rings (SSSR count). The maximum Gasteiger partial charge on any atom is 0.305 e. The average molecular weight is 417 g/mol. The molecule has 2 aliphatic rings. The van der Waals surface area contributed by atoms with Crippen LogP contribution in [0, 0.1) is 11.8 Å². The molecule has 1 fully saturated rings. The van der Waals surface area contributed by atoms with Crippen LogP contribution in [-0.4, -0.2) is 35.6 Å². The van der Waals surface area contributed by atoms with Crippen molar-refractivity contribution in [1.82, 2.24) is 9.47 Å². The maximum absolute atomic E-state index is 12.2. The smallest absolute Gasteiger partial charge is 0.305 e. The molecular formula is C27H32N2O2. The highest BCUT2D eigenvalue weighted by molar-refractivity contribution is 5.86. The summed E-state index contributed by atoms with van der Waals surface area (Å²) < 4.78 is 7.60. The number of hydrogen-bond acceptors (Lipinski definition) is 3. The third-order valence-corrected chi connectivity index (χ3v) is 7.55. The Hall–Kier alpha value is -2.59. The monoisotopic (exact) mass is 416 g/mol. The van der Waals surface area contributed by atoms with E-state index in [9.17, 15) is 4.79 Å². The number of ether oxygens (including phenoxy) is 1. The summed E-state index contributed by atoms with van der Waals surface area (Å²) in [4.78, 5) is 14.8. The van der Waals surface area contributed by atoms with E-state index in [4.69, 9.17) is 4.74 Å². The first-order chi connectivity index (χ1) is 15.2. The van der Waals surface area contributed by atoms with Crippen molar-refractivity contribution in [1.29, 1.82) is 0 Å². The summed E-state index contributed by atoms with van der Waals surface area (Å²) in [6, 6.07) is 20.0. The van der Waals surface area contributed by atoms with Gasteiger partial charge in [0.2, 0.25) is 0 Å². The van der Waals surface area contributed by atoms with Gasteiger partial charge in [0, 0.05) is 42.7 Å². The van der Waals surface area contributed by atoms with Crippen LogP contribution in [0.15, 0.2) is 54.6 Å². The highest BCUT2D eigenvalue weighted by atomic mass is 16.5. The number of esters is 1. The van der Waals surface area contributed by atoms with Crippen LogP contribution in [0.5, 0.6) is 0 Å². The standard InChI is InChI=1S/C27H32N2O2/c1-3-20-18-28-14-13-23-22-11-7-8-12-24(22)29(17-19-9-5-4-6-10-19)27(23)25(28)15-21(20)16-26(30)31-2/h4-12,20-21,25H,3,13-18H2,1-2H3/t20-,21+,25+/m0/s1. The first-order valence-electron chi connectivity index (χ1n) is 11.6. The topological polar surface area (TPSA) is 34.5 Å². The molecule has 31 heavy (non-hydrogen) atoms. The number of piperidine rings is 1. The van der Waals surface area contributed by atoms with Crippen molar-refractivity contribution in [2.24, 2.45) is 11.8 Å². The highest BCUT2D eigenvalue weighted by Crippen LogP contribution is 2.46. The third kappa shape index (κ3) is 3.67. The van der Waals surface area contributed by atoms with E-state index in [0.29, 0.717) is 24.3 Å². The minimum atomic E-state index is -0.0715. The van der Waals surface area contributed by atoms with E-state index < -0.39 is 0 Å². The van der Waals surface area contributed by atoms with Crippen LogP contribution in [-0.2, 0) is 22.5 Å². The lowest BCUT2D eigenvalue weighted by Gasteiger charge is -2.46. The van der Waals surface area contributed by atoms with Crippen LogP contribution >= 0.6 is 0 Å². The second kappa shape index (κ2) is 8.51. The van der Waals surface area contributed by atoms with Crippen molar-refractivity contribution in [2.75, 3.05) is 20.2 Å². The zero-order valence-electron chi connectivity index (χ0n) is 18.6. The summed E-state index contributed by atoms with van der Waals surface area (Å²) in [7, 11) is 1.51. The molecule has 4 heteroatoms. The van der Waals surface area contributed by atoms with Gasteiger partial charge in [0.1, 0.15) is 0 Å². The number of fused-ring (bicyclic) bond motifs is 5. The quantitative estimate of drug-likeness (QED) is 0.536. The van der Waals surface area contributed by atoms with Gasteiger partial charge in [-0.25, -0.2) is 0 Å². The molecule has 0 radical (unpaired) electrons. The Morgan fingerprint density at radius 3 is 2.61 bits per heavy atom. The molecule has 2 aliphatic heterocycles. The Balaban J connectivity index is 1.58. The molecule has 1 saturated heterocycles. The molecule has 162 valence electrons. The first kappa shape index (κ1) is 20.3. The fourth-order valence-corrected chi connectivity index (χ4v) is 5.98. The van der Waals surface area contributed by atoms with Crippen molar-refractivity contribution in [3.63, 3.8) is 0 Å². The SMILES string of the molecule is CC[C@H]1CN2CCc3c(n(Cc4ccccc4)c4ccccc34)[C@H]2C[C@@H]1CC(=O)OC. The second-order valence-corrected chi connectivity index (χ2v) is 9.16. The van der Waals surface area contributed by atoms with Gasteiger partial charge in [0.15, 0.2) is 0 Å². The number of rotatable bonds is 5. The largest absolute Gasteiger partial charge is 0.469 e. The van der Waals surface area contributed by atoms with Gasteiger partial charge in [-0.3, -0.25) is 9.69 Å². The van der Waals surface area contributed by atoms with Gasteiger partial charge < -0.3 is 9.30 Å². The van der Waals surface area contributed by atoms with E-state index in [1.54, 1.807) is 0 Å². The molecule has 3 aromatic rings. The van der Waals surface area contributed by atoms with E-state index in [2.05, 4.69) is 71.0 Å². The number of aromatic nitrogens is 1. The molecule has 0 amide bonds. The van der Waals surface area contributed by atoms with Crippen LogP contribution in [0.4, 0.5) is 0 Å². The molecule has 0 unspecified atom stereocenters. The minimum absolute atomic E-state index is 0.0715. The van der Waals surface area contributed by atoms with Crippen LogP contribution in [0.1, 0.15) is 49.0 Å². The Kier molecular flexibility index (Phi) is 5.58. The summed E-state index contributed by atoms with van der Waals surface area (Å²) in [5.74, 6) is 0.870. The van der Waals surface area contributed by atoms with Gasteiger partial charge >= 0.3 is 5.97 Å². The van der Waals surface area contributed by atoms with Gasteiger partial charge in [-0.15, -0.1) is 0 Å². The Bertz CT molecular complexity index is 1070. The van der Waals surface area contributed by atoms with Gasteiger partial charge in [0.05, 0.1) is 13.2 Å². The average Bonchev–Trinajstić information content (AvgIpc) is 3.13. The molecule has 0 aliphatic carbocycles. The number of carbonyl (C=O) groups is 1. The predicted octanol–water partition coefficient (Wildman–Crippen LogP) is 5.20. The van der Waals surface area contributed by atoms with E-state index in [-0.39, 0.29) is 5.97 Å². The van der Waals surface area contributed by atoms with Crippen molar-refractivity contribution in [3.05, 3.63) is 71.4 Å². The predicted molar refractivity (Wildman–Crippen MR) is 124 cm³/mol. The molecule has 3 heterocycles. The zero-order chi connectivity index (χ0) is 21.4. The molecule has 0 saturated carbocycles. The van der Waals surface area contributed by atoms with E-state index in [0.717, 1.165) is 38.9 Å². The molecule has 2 aromatic carbocycles. The summed E-state index contributed by atoms with van der Waals surface area (Å²) in [5, 5.41) is 1.40. The molecule has 4 nitrogen and oxygen atoms in total. The van der Waals surface area contributed by atoms with Gasteiger partial charge in [-0.2, -0.15) is 0 Å². The Morgan fingerprint density at radius 1 is 1.06 bits per heavy atom. The summed E-state index contributed by atoms with van der Waals surface area (Å²) >= 11 is 0.